The van der Waals surface area contributed by atoms with E-state index in [1.807, 2.05) is 16.8 Å². The van der Waals surface area contributed by atoms with Gasteiger partial charge in [-0.25, -0.2) is 4.79 Å². The van der Waals surface area contributed by atoms with E-state index in [0.29, 0.717) is 26.1 Å². The highest BCUT2D eigenvalue weighted by Gasteiger charge is 2.31. The van der Waals surface area contributed by atoms with Gasteiger partial charge in [-0.1, -0.05) is 0 Å². The molecule has 2 unspecified atom stereocenters. The zero-order chi connectivity index (χ0) is 14.4. The SMILES string of the molecule is O=C(CCc1ccsc1)NC(C(=O)O)C1CCCOC1. The fourth-order valence-corrected chi connectivity index (χ4v) is 3.05. The molecule has 0 bridgehead atoms. The summed E-state index contributed by atoms with van der Waals surface area (Å²) in [5, 5.41) is 15.9. The zero-order valence-electron chi connectivity index (χ0n) is 11.2. The lowest BCUT2D eigenvalue weighted by atomic mass is 9.93. The lowest BCUT2D eigenvalue weighted by molar-refractivity contribution is -0.145. The molecule has 0 saturated carbocycles. The molecule has 1 amide bonds. The Balaban J connectivity index is 1.83. The minimum Gasteiger partial charge on any atom is -0.480 e. The van der Waals surface area contributed by atoms with Crippen LogP contribution in [0, 0.1) is 5.92 Å². The van der Waals surface area contributed by atoms with Gasteiger partial charge in [0.2, 0.25) is 5.91 Å². The van der Waals surface area contributed by atoms with Gasteiger partial charge in [-0.3, -0.25) is 4.79 Å². The van der Waals surface area contributed by atoms with Crippen molar-refractivity contribution in [3.8, 4) is 0 Å². The molecule has 1 aromatic heterocycles. The van der Waals surface area contributed by atoms with Crippen molar-refractivity contribution in [2.24, 2.45) is 5.92 Å². The summed E-state index contributed by atoms with van der Waals surface area (Å²) >= 11 is 1.59. The number of carbonyl (C=O) groups is 2. The maximum atomic E-state index is 11.9. The molecule has 6 heteroatoms. The third-order valence-electron chi connectivity index (χ3n) is 3.47. The van der Waals surface area contributed by atoms with Gasteiger partial charge in [0, 0.05) is 18.9 Å². The van der Waals surface area contributed by atoms with E-state index in [1.54, 1.807) is 11.3 Å². The van der Waals surface area contributed by atoms with E-state index in [-0.39, 0.29) is 11.8 Å². The van der Waals surface area contributed by atoms with Crippen molar-refractivity contribution < 1.29 is 19.4 Å². The molecule has 5 nitrogen and oxygen atoms in total. The van der Waals surface area contributed by atoms with E-state index >= 15 is 0 Å². The minimum atomic E-state index is -0.982. The lowest BCUT2D eigenvalue weighted by Gasteiger charge is -2.28. The van der Waals surface area contributed by atoms with E-state index in [2.05, 4.69) is 5.32 Å². The smallest absolute Gasteiger partial charge is 0.326 e. The molecule has 0 spiro atoms. The van der Waals surface area contributed by atoms with Crippen LogP contribution >= 0.6 is 11.3 Å². The van der Waals surface area contributed by atoms with Crippen LogP contribution in [0.4, 0.5) is 0 Å². The van der Waals surface area contributed by atoms with Crippen LogP contribution in [0.25, 0.3) is 0 Å². The zero-order valence-corrected chi connectivity index (χ0v) is 12.0. The first-order valence-electron chi connectivity index (χ1n) is 6.78. The number of amides is 1. The fourth-order valence-electron chi connectivity index (χ4n) is 2.35. The Morgan fingerprint density at radius 3 is 3.00 bits per heavy atom. The molecule has 20 heavy (non-hydrogen) atoms. The standard InChI is InChI=1S/C14H19NO4S/c16-12(4-3-10-5-7-20-9-10)15-13(14(17)18)11-2-1-6-19-8-11/h5,7,9,11,13H,1-4,6,8H2,(H,15,16)(H,17,18). The largest absolute Gasteiger partial charge is 0.480 e. The van der Waals surface area contributed by atoms with Gasteiger partial charge in [0.15, 0.2) is 0 Å². The van der Waals surface area contributed by atoms with Crippen molar-refractivity contribution in [1.82, 2.24) is 5.32 Å². The number of carboxylic acid groups (broad SMARTS) is 1. The number of hydrogen-bond acceptors (Lipinski definition) is 4. The fraction of sp³-hybridized carbons (Fsp3) is 0.571. The van der Waals surface area contributed by atoms with Crippen LogP contribution in [-0.2, 0) is 20.7 Å². The highest BCUT2D eigenvalue weighted by atomic mass is 32.1. The summed E-state index contributed by atoms with van der Waals surface area (Å²) in [5.41, 5.74) is 1.11. The quantitative estimate of drug-likeness (QED) is 0.837. The van der Waals surface area contributed by atoms with E-state index in [4.69, 9.17) is 4.74 Å². The Hall–Kier alpha value is -1.40. The monoisotopic (exact) mass is 297 g/mol. The number of aliphatic carboxylic acids is 1. The van der Waals surface area contributed by atoms with Crippen LogP contribution in [0.1, 0.15) is 24.8 Å². The summed E-state index contributed by atoms with van der Waals surface area (Å²) in [7, 11) is 0. The number of ether oxygens (including phenoxy) is 1. The van der Waals surface area contributed by atoms with Crippen LogP contribution in [0.15, 0.2) is 16.8 Å². The molecule has 1 saturated heterocycles. The van der Waals surface area contributed by atoms with Crippen LogP contribution in [0.5, 0.6) is 0 Å². The van der Waals surface area contributed by atoms with Gasteiger partial charge in [-0.05, 0) is 41.7 Å². The van der Waals surface area contributed by atoms with Gasteiger partial charge in [0.25, 0.3) is 0 Å². The molecule has 110 valence electrons. The van der Waals surface area contributed by atoms with Crippen molar-refractivity contribution in [1.29, 1.82) is 0 Å². The lowest BCUT2D eigenvalue weighted by Crippen LogP contribution is -2.48. The first-order chi connectivity index (χ1) is 9.66. The van der Waals surface area contributed by atoms with E-state index in [0.717, 1.165) is 18.4 Å². The Labute approximate surface area is 121 Å². The molecule has 1 aromatic rings. The number of carbonyl (C=O) groups excluding carboxylic acids is 1. The van der Waals surface area contributed by atoms with Crippen molar-refractivity contribution in [2.75, 3.05) is 13.2 Å². The summed E-state index contributed by atoms with van der Waals surface area (Å²) in [6, 6.07) is 1.13. The maximum absolute atomic E-state index is 11.9. The molecule has 2 heterocycles. The van der Waals surface area contributed by atoms with E-state index < -0.39 is 12.0 Å². The number of nitrogens with one attached hydrogen (secondary N) is 1. The number of thiophene rings is 1. The van der Waals surface area contributed by atoms with Crippen LogP contribution in [0.3, 0.4) is 0 Å². The van der Waals surface area contributed by atoms with Gasteiger partial charge in [-0.2, -0.15) is 11.3 Å². The van der Waals surface area contributed by atoms with Crippen molar-refractivity contribution in [3.05, 3.63) is 22.4 Å². The van der Waals surface area contributed by atoms with Gasteiger partial charge >= 0.3 is 5.97 Å². The highest BCUT2D eigenvalue weighted by Crippen LogP contribution is 2.18. The second-order valence-electron chi connectivity index (χ2n) is 4.99. The normalized spacial score (nSPS) is 20.3. The third-order valence-corrected chi connectivity index (χ3v) is 4.20. The Kier molecular flexibility index (Phi) is 5.55. The maximum Gasteiger partial charge on any atom is 0.326 e. The molecular formula is C14H19NO4S. The summed E-state index contributed by atoms with van der Waals surface area (Å²) in [6.45, 7) is 1.08. The predicted octanol–water partition coefficient (Wildman–Crippen LogP) is 1.68. The summed E-state index contributed by atoms with van der Waals surface area (Å²) in [6.07, 6.45) is 2.58. The van der Waals surface area contributed by atoms with Crippen LogP contribution in [-0.4, -0.2) is 36.2 Å². The number of rotatable bonds is 6. The van der Waals surface area contributed by atoms with E-state index in [9.17, 15) is 14.7 Å². The number of aryl methyl sites for hydroxylation is 1. The van der Waals surface area contributed by atoms with E-state index in [1.165, 1.54) is 0 Å². The first-order valence-corrected chi connectivity index (χ1v) is 7.72. The van der Waals surface area contributed by atoms with Crippen molar-refractivity contribution in [2.45, 2.75) is 31.7 Å². The molecule has 0 radical (unpaired) electrons. The summed E-state index contributed by atoms with van der Waals surface area (Å²) in [4.78, 5) is 23.2. The van der Waals surface area contributed by atoms with Crippen molar-refractivity contribution >= 4 is 23.2 Å². The number of carboxylic acids is 1. The molecule has 2 atom stereocenters. The molecular weight excluding hydrogens is 278 g/mol. The highest BCUT2D eigenvalue weighted by molar-refractivity contribution is 7.07. The molecule has 1 fully saturated rings. The second kappa shape index (κ2) is 7.40. The molecule has 0 aliphatic carbocycles. The molecule has 1 aliphatic rings. The second-order valence-corrected chi connectivity index (χ2v) is 5.77. The minimum absolute atomic E-state index is 0.133. The summed E-state index contributed by atoms with van der Waals surface area (Å²) in [5.74, 6) is -1.33. The Morgan fingerprint density at radius 1 is 1.55 bits per heavy atom. The van der Waals surface area contributed by atoms with Crippen LogP contribution < -0.4 is 5.32 Å². The van der Waals surface area contributed by atoms with Gasteiger partial charge in [0.1, 0.15) is 6.04 Å². The average molecular weight is 297 g/mol. The first kappa shape index (κ1) is 15.0. The van der Waals surface area contributed by atoms with Crippen LogP contribution in [0.2, 0.25) is 0 Å². The third kappa shape index (κ3) is 4.31. The molecule has 2 N–H and O–H groups in total. The molecule has 1 aliphatic heterocycles. The van der Waals surface area contributed by atoms with Crippen molar-refractivity contribution in [3.63, 3.8) is 0 Å². The van der Waals surface area contributed by atoms with Gasteiger partial charge < -0.3 is 15.2 Å². The topological polar surface area (TPSA) is 75.6 Å². The Bertz CT molecular complexity index is 440. The molecule has 0 aromatic carbocycles. The van der Waals surface area contributed by atoms with Gasteiger partial charge in [-0.15, -0.1) is 0 Å². The van der Waals surface area contributed by atoms with Gasteiger partial charge in [0.05, 0.1) is 6.61 Å². The Morgan fingerprint density at radius 2 is 2.40 bits per heavy atom. The summed E-state index contributed by atoms with van der Waals surface area (Å²) < 4.78 is 5.30. The average Bonchev–Trinajstić information content (AvgIpc) is 2.96. The molecule has 2 rings (SSSR count). The predicted molar refractivity (Wildman–Crippen MR) is 75.7 cm³/mol. The number of hydrogen-bond donors (Lipinski definition) is 2.